The summed E-state index contributed by atoms with van der Waals surface area (Å²) >= 11 is 5.99. The van der Waals surface area contributed by atoms with Crippen molar-refractivity contribution in [2.75, 3.05) is 0 Å². The molecule has 0 aromatic carbocycles. The van der Waals surface area contributed by atoms with E-state index in [9.17, 15) is 0 Å². The maximum absolute atomic E-state index is 5.99. The van der Waals surface area contributed by atoms with Crippen LogP contribution < -0.4 is 0 Å². The lowest BCUT2D eigenvalue weighted by atomic mass is 9.89. The van der Waals surface area contributed by atoms with Gasteiger partial charge in [0, 0.05) is 17.4 Å². The van der Waals surface area contributed by atoms with Crippen molar-refractivity contribution < 1.29 is 0 Å². The molecule has 0 aliphatic heterocycles. The minimum absolute atomic E-state index is 0.271. The first-order valence-electron chi connectivity index (χ1n) is 4.07. The van der Waals surface area contributed by atoms with Crippen LogP contribution in [0, 0.1) is 5.41 Å². The van der Waals surface area contributed by atoms with Gasteiger partial charge in [0.15, 0.2) is 0 Å². The van der Waals surface area contributed by atoms with Gasteiger partial charge in [-0.2, -0.15) is 0 Å². The summed E-state index contributed by atoms with van der Waals surface area (Å²) in [6, 6.07) is 1.84. The number of rotatable bonds is 1. The Bertz CT molecular complexity index is 263. The zero-order chi connectivity index (χ0) is 9.19. The number of hydrogen-bond donors (Lipinski definition) is 0. The third-order valence-electron chi connectivity index (χ3n) is 1.56. The van der Waals surface area contributed by atoms with Gasteiger partial charge in [0.2, 0.25) is 0 Å². The molecule has 0 saturated carbocycles. The molecule has 0 fully saturated rings. The second-order valence-corrected chi connectivity index (χ2v) is 4.61. The predicted octanol–water partition coefficient (Wildman–Crippen LogP) is 3.32. The Balaban J connectivity index is 2.83. The van der Waals surface area contributed by atoms with E-state index < -0.39 is 0 Å². The number of nitrogens with zero attached hydrogens (tertiary/aromatic N) is 1. The first-order chi connectivity index (χ1) is 5.49. The molecule has 12 heavy (non-hydrogen) atoms. The maximum atomic E-state index is 5.99. The molecular weight excluding hydrogens is 170 g/mol. The highest BCUT2D eigenvalue weighted by molar-refractivity contribution is 6.31. The average Bonchev–Trinajstić information content (AvgIpc) is 1.91. The Morgan fingerprint density at radius 3 is 2.58 bits per heavy atom. The first-order valence-corrected chi connectivity index (χ1v) is 4.45. The summed E-state index contributed by atoms with van der Waals surface area (Å²) in [6.45, 7) is 6.57. The van der Waals surface area contributed by atoms with Gasteiger partial charge in [-0.25, -0.2) is 0 Å². The molecule has 0 unspecified atom stereocenters. The first kappa shape index (κ1) is 9.53. The quantitative estimate of drug-likeness (QED) is 0.651. The number of pyridine rings is 1. The van der Waals surface area contributed by atoms with E-state index in [0.717, 1.165) is 17.0 Å². The summed E-state index contributed by atoms with van der Waals surface area (Å²) in [4.78, 5) is 4.05. The van der Waals surface area contributed by atoms with Crippen LogP contribution in [-0.4, -0.2) is 4.98 Å². The van der Waals surface area contributed by atoms with E-state index in [1.54, 1.807) is 6.20 Å². The second kappa shape index (κ2) is 3.44. The van der Waals surface area contributed by atoms with Gasteiger partial charge in [-0.05, 0) is 23.5 Å². The normalized spacial score (nSPS) is 11.7. The highest BCUT2D eigenvalue weighted by atomic mass is 35.5. The summed E-state index contributed by atoms with van der Waals surface area (Å²) < 4.78 is 0. The van der Waals surface area contributed by atoms with Crippen molar-refractivity contribution in [3.8, 4) is 0 Å². The van der Waals surface area contributed by atoms with E-state index in [1.807, 2.05) is 12.3 Å². The molecule has 0 N–H and O–H groups in total. The molecule has 1 aromatic heterocycles. The van der Waals surface area contributed by atoms with Gasteiger partial charge in [-0.15, -0.1) is 0 Å². The van der Waals surface area contributed by atoms with E-state index in [1.165, 1.54) is 0 Å². The highest BCUT2D eigenvalue weighted by Crippen LogP contribution is 2.24. The molecule has 0 atom stereocenters. The lowest BCUT2D eigenvalue weighted by molar-refractivity contribution is 0.411. The smallest absolute Gasteiger partial charge is 0.0468 e. The van der Waals surface area contributed by atoms with Gasteiger partial charge in [-0.1, -0.05) is 32.4 Å². The van der Waals surface area contributed by atoms with Crippen LogP contribution >= 0.6 is 11.6 Å². The fourth-order valence-corrected chi connectivity index (χ4v) is 1.28. The highest BCUT2D eigenvalue weighted by Gasteiger charge is 2.12. The predicted molar refractivity (Wildman–Crippen MR) is 52.4 cm³/mol. The Hall–Kier alpha value is -0.560. The minimum Gasteiger partial charge on any atom is -0.264 e. The van der Waals surface area contributed by atoms with Gasteiger partial charge in [-0.3, -0.25) is 4.98 Å². The number of hydrogen-bond acceptors (Lipinski definition) is 1. The summed E-state index contributed by atoms with van der Waals surface area (Å²) in [5.41, 5.74) is 1.40. The van der Waals surface area contributed by atoms with Crippen LogP contribution in [0.15, 0.2) is 18.5 Å². The summed E-state index contributed by atoms with van der Waals surface area (Å²) in [5.74, 6) is 0. The molecule has 0 saturated heterocycles. The van der Waals surface area contributed by atoms with Crippen LogP contribution in [0.25, 0.3) is 0 Å². The van der Waals surface area contributed by atoms with Crippen LogP contribution in [0.4, 0.5) is 0 Å². The van der Waals surface area contributed by atoms with E-state index >= 15 is 0 Å². The summed E-state index contributed by atoms with van der Waals surface area (Å²) in [6.07, 6.45) is 4.53. The van der Waals surface area contributed by atoms with Crippen molar-refractivity contribution in [1.29, 1.82) is 0 Å². The summed E-state index contributed by atoms with van der Waals surface area (Å²) in [7, 11) is 0. The average molecular weight is 184 g/mol. The topological polar surface area (TPSA) is 12.9 Å². The van der Waals surface area contributed by atoms with Gasteiger partial charge >= 0.3 is 0 Å². The Morgan fingerprint density at radius 2 is 2.08 bits per heavy atom. The maximum Gasteiger partial charge on any atom is 0.0468 e. The van der Waals surface area contributed by atoms with Crippen LogP contribution in [0.3, 0.4) is 0 Å². The second-order valence-electron chi connectivity index (χ2n) is 4.20. The van der Waals surface area contributed by atoms with Crippen LogP contribution in [0.5, 0.6) is 0 Å². The molecule has 0 aliphatic rings. The monoisotopic (exact) mass is 183 g/mol. The van der Waals surface area contributed by atoms with Gasteiger partial charge in [0.1, 0.15) is 0 Å². The number of halogens is 1. The number of aromatic nitrogens is 1. The molecule has 0 aliphatic carbocycles. The van der Waals surface area contributed by atoms with E-state index in [2.05, 4.69) is 25.8 Å². The third-order valence-corrected chi connectivity index (χ3v) is 1.93. The lowest BCUT2D eigenvalue weighted by Gasteiger charge is -2.18. The summed E-state index contributed by atoms with van der Waals surface area (Å²) in [5, 5.41) is 0.819. The lowest BCUT2D eigenvalue weighted by Crippen LogP contribution is -2.09. The Morgan fingerprint density at radius 1 is 1.42 bits per heavy atom. The molecule has 1 heterocycles. The molecule has 66 valence electrons. The fraction of sp³-hybridized carbons (Fsp3) is 0.500. The van der Waals surface area contributed by atoms with E-state index in [0.29, 0.717) is 0 Å². The van der Waals surface area contributed by atoms with Crippen LogP contribution in [0.2, 0.25) is 5.02 Å². The van der Waals surface area contributed by atoms with E-state index in [4.69, 9.17) is 11.6 Å². The van der Waals surface area contributed by atoms with Gasteiger partial charge < -0.3 is 0 Å². The molecular formula is C10H14ClN. The molecule has 0 radical (unpaired) electrons. The Labute approximate surface area is 78.8 Å². The minimum atomic E-state index is 0.271. The van der Waals surface area contributed by atoms with Crippen LogP contribution in [0.1, 0.15) is 26.3 Å². The van der Waals surface area contributed by atoms with Crippen molar-refractivity contribution in [2.24, 2.45) is 5.41 Å². The van der Waals surface area contributed by atoms with Crippen molar-refractivity contribution in [2.45, 2.75) is 27.2 Å². The van der Waals surface area contributed by atoms with Crippen molar-refractivity contribution in [3.05, 3.63) is 29.0 Å². The zero-order valence-electron chi connectivity index (χ0n) is 7.76. The largest absolute Gasteiger partial charge is 0.264 e. The molecule has 0 amide bonds. The van der Waals surface area contributed by atoms with E-state index in [-0.39, 0.29) is 5.41 Å². The Kier molecular flexibility index (Phi) is 2.73. The third kappa shape index (κ3) is 2.82. The van der Waals surface area contributed by atoms with Crippen molar-refractivity contribution in [1.82, 2.24) is 4.98 Å². The van der Waals surface area contributed by atoms with Crippen molar-refractivity contribution >= 4 is 11.6 Å². The SMILES string of the molecule is CC(C)(C)Cc1cnccc1Cl. The zero-order valence-corrected chi connectivity index (χ0v) is 8.52. The van der Waals surface area contributed by atoms with Gasteiger partial charge in [0.25, 0.3) is 0 Å². The van der Waals surface area contributed by atoms with Crippen molar-refractivity contribution in [3.63, 3.8) is 0 Å². The molecule has 1 aromatic rings. The van der Waals surface area contributed by atoms with Crippen LogP contribution in [-0.2, 0) is 6.42 Å². The molecule has 1 nitrogen and oxygen atoms in total. The van der Waals surface area contributed by atoms with Gasteiger partial charge in [0.05, 0.1) is 0 Å². The fourth-order valence-electron chi connectivity index (χ4n) is 1.11. The standard InChI is InChI=1S/C10H14ClN/c1-10(2,3)6-8-7-12-5-4-9(8)11/h4-5,7H,6H2,1-3H3. The molecule has 0 spiro atoms. The molecule has 1 rings (SSSR count). The molecule has 2 heteroatoms. The molecule has 0 bridgehead atoms.